The minimum Gasteiger partial charge on any atom is -0.394 e. The molecule has 0 radical (unpaired) electrons. The molecule has 2 rings (SSSR count). The van der Waals surface area contributed by atoms with Crippen LogP contribution in [0.5, 0.6) is 0 Å². The van der Waals surface area contributed by atoms with Crippen LogP contribution in [0.1, 0.15) is 19.3 Å². The Hall–Kier alpha value is -0.700. The normalized spacial score (nSPS) is 26.7. The lowest BCUT2D eigenvalue weighted by Crippen LogP contribution is -2.49. The number of hydrogen-bond acceptors (Lipinski definition) is 6. The van der Waals surface area contributed by atoms with Gasteiger partial charge in [0, 0.05) is 32.1 Å². The number of rotatable bonds is 5. The maximum Gasteiger partial charge on any atom is 0.224 e. The molecule has 0 saturated carbocycles. The Balaban J connectivity index is 1.74. The standard InChI is InChI=1S/C13H24N2O5S/c16-6-7-20-12-1-4-15(5-2-12)13(17)9-11-10-21(18,19)8-3-14-11/h11-12,14,16H,1-10H2. The molecule has 0 spiro atoms. The number of carbonyl (C=O) groups excluding carboxylic acids is 1. The number of aliphatic hydroxyl groups is 1. The Morgan fingerprint density at radius 1 is 1.33 bits per heavy atom. The largest absolute Gasteiger partial charge is 0.394 e. The smallest absolute Gasteiger partial charge is 0.224 e. The summed E-state index contributed by atoms with van der Waals surface area (Å²) < 4.78 is 28.6. The fraction of sp³-hybridized carbons (Fsp3) is 0.923. The second-order valence-corrected chi connectivity index (χ2v) is 7.87. The highest BCUT2D eigenvalue weighted by atomic mass is 32.2. The first-order valence-corrected chi connectivity index (χ1v) is 9.26. The van der Waals surface area contributed by atoms with E-state index in [9.17, 15) is 13.2 Å². The Kier molecular flexibility index (Phi) is 5.98. The van der Waals surface area contributed by atoms with E-state index in [1.807, 2.05) is 0 Å². The maximum absolute atomic E-state index is 12.2. The number of amides is 1. The van der Waals surface area contributed by atoms with E-state index in [0.29, 0.717) is 26.2 Å². The van der Waals surface area contributed by atoms with Crippen LogP contribution < -0.4 is 5.32 Å². The first-order chi connectivity index (χ1) is 10.00. The molecule has 2 heterocycles. The molecule has 21 heavy (non-hydrogen) atoms. The molecule has 2 aliphatic heterocycles. The van der Waals surface area contributed by atoms with Gasteiger partial charge in [-0.15, -0.1) is 0 Å². The molecule has 122 valence electrons. The molecular weight excluding hydrogens is 296 g/mol. The predicted octanol–water partition coefficient (Wildman–Crippen LogP) is -1.24. The van der Waals surface area contributed by atoms with Gasteiger partial charge < -0.3 is 20.1 Å². The quantitative estimate of drug-likeness (QED) is 0.658. The molecule has 2 fully saturated rings. The van der Waals surface area contributed by atoms with Crippen LogP contribution in [-0.4, -0.2) is 80.8 Å². The van der Waals surface area contributed by atoms with Crippen molar-refractivity contribution in [3.05, 3.63) is 0 Å². The van der Waals surface area contributed by atoms with Crippen LogP contribution in [0, 0.1) is 0 Å². The third-order valence-electron chi connectivity index (χ3n) is 3.96. The van der Waals surface area contributed by atoms with Crippen LogP contribution in [0.4, 0.5) is 0 Å². The van der Waals surface area contributed by atoms with Crippen molar-refractivity contribution in [2.24, 2.45) is 0 Å². The molecule has 1 atom stereocenters. The summed E-state index contributed by atoms with van der Waals surface area (Å²) in [5, 5.41) is 11.8. The number of piperidine rings is 1. The van der Waals surface area contributed by atoms with Crippen molar-refractivity contribution in [3.8, 4) is 0 Å². The first-order valence-electron chi connectivity index (χ1n) is 7.44. The molecule has 0 aromatic heterocycles. The number of nitrogens with zero attached hydrogens (tertiary/aromatic N) is 1. The summed E-state index contributed by atoms with van der Waals surface area (Å²) in [6.45, 7) is 2.05. The van der Waals surface area contributed by atoms with Gasteiger partial charge in [0.1, 0.15) is 0 Å². The topological polar surface area (TPSA) is 95.9 Å². The van der Waals surface area contributed by atoms with E-state index in [1.54, 1.807) is 4.90 Å². The zero-order chi connectivity index (χ0) is 15.3. The van der Waals surface area contributed by atoms with Crippen LogP contribution in [0.15, 0.2) is 0 Å². The molecular formula is C13H24N2O5S. The zero-order valence-electron chi connectivity index (χ0n) is 12.2. The van der Waals surface area contributed by atoms with Gasteiger partial charge in [0.2, 0.25) is 5.91 Å². The number of carbonyl (C=O) groups is 1. The minimum atomic E-state index is -3.00. The van der Waals surface area contributed by atoms with Crippen molar-refractivity contribution in [2.75, 3.05) is 44.4 Å². The monoisotopic (exact) mass is 320 g/mol. The Morgan fingerprint density at radius 3 is 2.67 bits per heavy atom. The van der Waals surface area contributed by atoms with Crippen molar-refractivity contribution in [1.29, 1.82) is 0 Å². The van der Waals surface area contributed by atoms with Gasteiger partial charge in [-0.1, -0.05) is 0 Å². The van der Waals surface area contributed by atoms with Gasteiger partial charge in [-0.05, 0) is 12.8 Å². The van der Waals surface area contributed by atoms with Crippen molar-refractivity contribution >= 4 is 15.7 Å². The molecule has 2 aliphatic rings. The molecule has 7 nitrogen and oxygen atoms in total. The van der Waals surface area contributed by atoms with E-state index in [2.05, 4.69) is 5.32 Å². The number of likely N-dealkylation sites (tertiary alicyclic amines) is 1. The summed E-state index contributed by atoms with van der Waals surface area (Å²) >= 11 is 0. The van der Waals surface area contributed by atoms with Gasteiger partial charge in [0.15, 0.2) is 9.84 Å². The number of nitrogens with one attached hydrogen (secondary N) is 1. The molecule has 8 heteroatoms. The highest BCUT2D eigenvalue weighted by molar-refractivity contribution is 7.91. The van der Waals surface area contributed by atoms with E-state index in [4.69, 9.17) is 9.84 Å². The fourth-order valence-electron chi connectivity index (χ4n) is 2.83. The molecule has 1 unspecified atom stereocenters. The van der Waals surface area contributed by atoms with Gasteiger partial charge in [-0.25, -0.2) is 8.42 Å². The van der Waals surface area contributed by atoms with Crippen LogP contribution >= 0.6 is 0 Å². The molecule has 0 aliphatic carbocycles. The van der Waals surface area contributed by atoms with Crippen LogP contribution in [0.3, 0.4) is 0 Å². The van der Waals surface area contributed by atoms with E-state index in [1.165, 1.54) is 0 Å². The molecule has 0 aromatic rings. The zero-order valence-corrected chi connectivity index (χ0v) is 13.0. The van der Waals surface area contributed by atoms with Crippen LogP contribution in [-0.2, 0) is 19.4 Å². The lowest BCUT2D eigenvalue weighted by atomic mass is 10.1. The summed E-state index contributed by atoms with van der Waals surface area (Å²) in [4.78, 5) is 14.0. The number of aliphatic hydroxyl groups excluding tert-OH is 1. The Labute approximate surface area is 125 Å². The second-order valence-electron chi connectivity index (χ2n) is 5.64. The van der Waals surface area contributed by atoms with Crippen LogP contribution in [0.2, 0.25) is 0 Å². The summed E-state index contributed by atoms with van der Waals surface area (Å²) in [7, 11) is -3.00. The molecule has 1 amide bonds. The van der Waals surface area contributed by atoms with Crippen molar-refractivity contribution < 1.29 is 23.1 Å². The number of sulfone groups is 1. The van der Waals surface area contributed by atoms with Gasteiger partial charge in [0.05, 0.1) is 30.8 Å². The average molecular weight is 320 g/mol. The second kappa shape index (κ2) is 7.53. The van der Waals surface area contributed by atoms with Gasteiger partial charge in [0.25, 0.3) is 0 Å². The van der Waals surface area contributed by atoms with Crippen molar-refractivity contribution in [1.82, 2.24) is 10.2 Å². The van der Waals surface area contributed by atoms with E-state index >= 15 is 0 Å². The highest BCUT2D eigenvalue weighted by Gasteiger charge is 2.29. The van der Waals surface area contributed by atoms with Gasteiger partial charge in [-0.3, -0.25) is 4.79 Å². The predicted molar refractivity (Wildman–Crippen MR) is 77.7 cm³/mol. The summed E-state index contributed by atoms with van der Waals surface area (Å²) in [5.41, 5.74) is 0. The SMILES string of the molecule is O=C(CC1CS(=O)(=O)CCN1)N1CCC(OCCO)CC1. The third-order valence-corrected chi connectivity index (χ3v) is 5.70. The fourth-order valence-corrected chi connectivity index (χ4v) is 4.27. The first kappa shape index (κ1) is 16.7. The van der Waals surface area contributed by atoms with E-state index < -0.39 is 9.84 Å². The van der Waals surface area contributed by atoms with Gasteiger partial charge >= 0.3 is 0 Å². The molecule has 0 aromatic carbocycles. The minimum absolute atomic E-state index is 0.00482. The third kappa shape index (κ3) is 5.21. The maximum atomic E-state index is 12.2. The molecule has 0 bridgehead atoms. The van der Waals surface area contributed by atoms with Gasteiger partial charge in [-0.2, -0.15) is 0 Å². The number of ether oxygens (including phenoxy) is 1. The number of hydrogen-bond donors (Lipinski definition) is 2. The van der Waals surface area contributed by atoms with E-state index in [0.717, 1.165) is 12.8 Å². The van der Waals surface area contributed by atoms with E-state index in [-0.39, 0.29) is 42.6 Å². The molecule has 2 N–H and O–H groups in total. The lowest BCUT2D eigenvalue weighted by Gasteiger charge is -2.33. The van der Waals surface area contributed by atoms with Crippen LogP contribution in [0.25, 0.3) is 0 Å². The summed E-state index contributed by atoms with van der Waals surface area (Å²) in [6.07, 6.45) is 1.88. The highest BCUT2D eigenvalue weighted by Crippen LogP contribution is 2.16. The Morgan fingerprint density at radius 2 is 2.05 bits per heavy atom. The average Bonchev–Trinajstić information content (AvgIpc) is 2.44. The van der Waals surface area contributed by atoms with Crippen molar-refractivity contribution in [2.45, 2.75) is 31.4 Å². The summed E-state index contributed by atoms with van der Waals surface area (Å²) in [5.74, 6) is 0.213. The summed E-state index contributed by atoms with van der Waals surface area (Å²) in [6, 6.07) is -0.264. The Bertz CT molecular complexity index is 445. The van der Waals surface area contributed by atoms with Crippen molar-refractivity contribution in [3.63, 3.8) is 0 Å². The molecule has 2 saturated heterocycles. The lowest BCUT2D eigenvalue weighted by molar-refractivity contribution is -0.134.